The fraction of sp³-hybridized carbons (Fsp3) is 0.200. The minimum Gasteiger partial charge on any atom is -0.490 e. The number of nitrogens with two attached hydrogens (primary N) is 1. The average Bonchev–Trinajstić information content (AvgIpc) is 2.43. The van der Waals surface area contributed by atoms with E-state index in [0.29, 0.717) is 28.7 Å². The summed E-state index contributed by atoms with van der Waals surface area (Å²) in [5, 5.41) is 3.64. The fourth-order valence-electron chi connectivity index (χ4n) is 1.71. The summed E-state index contributed by atoms with van der Waals surface area (Å²) < 4.78 is 19.1. The molecule has 3 N–H and O–H groups in total. The molecule has 0 unspecified atom stereocenters. The van der Waals surface area contributed by atoms with Gasteiger partial charge in [0.15, 0.2) is 11.6 Å². The standard InChI is InChI=1S/C15H16ClFN2O/c1-2-7-20-15-9-14(12(18)8-11(15)17)19-13-6-4-3-5-10(13)16/h3-6,8-9,19H,2,7,18H2,1H3. The Balaban J connectivity index is 2.29. The molecule has 5 heteroatoms. The summed E-state index contributed by atoms with van der Waals surface area (Å²) in [5.41, 5.74) is 7.38. The highest BCUT2D eigenvalue weighted by Gasteiger charge is 2.10. The van der Waals surface area contributed by atoms with Crippen molar-refractivity contribution in [2.45, 2.75) is 13.3 Å². The van der Waals surface area contributed by atoms with Gasteiger partial charge < -0.3 is 15.8 Å². The lowest BCUT2D eigenvalue weighted by atomic mass is 10.2. The number of rotatable bonds is 5. The number of para-hydroxylation sites is 1. The Kier molecular flexibility index (Phi) is 4.69. The molecule has 2 aromatic rings. The van der Waals surface area contributed by atoms with Gasteiger partial charge in [-0.3, -0.25) is 0 Å². The molecule has 0 radical (unpaired) electrons. The van der Waals surface area contributed by atoms with Crippen LogP contribution in [0.2, 0.25) is 5.02 Å². The molecule has 0 saturated carbocycles. The highest BCUT2D eigenvalue weighted by atomic mass is 35.5. The molecule has 0 aliphatic rings. The molecule has 2 rings (SSSR count). The maximum atomic E-state index is 13.7. The van der Waals surface area contributed by atoms with E-state index in [1.807, 2.05) is 25.1 Å². The molecule has 106 valence electrons. The lowest BCUT2D eigenvalue weighted by molar-refractivity contribution is 0.301. The van der Waals surface area contributed by atoms with Gasteiger partial charge in [-0.05, 0) is 18.6 Å². The summed E-state index contributed by atoms with van der Waals surface area (Å²) >= 11 is 6.07. The number of nitrogens with one attached hydrogen (secondary N) is 1. The monoisotopic (exact) mass is 294 g/mol. The van der Waals surface area contributed by atoms with E-state index in [9.17, 15) is 4.39 Å². The van der Waals surface area contributed by atoms with E-state index in [1.54, 1.807) is 12.1 Å². The van der Waals surface area contributed by atoms with E-state index in [0.717, 1.165) is 6.42 Å². The van der Waals surface area contributed by atoms with Crippen molar-refractivity contribution in [1.29, 1.82) is 0 Å². The molecule has 0 spiro atoms. The summed E-state index contributed by atoms with van der Waals surface area (Å²) in [6.45, 7) is 2.41. The lowest BCUT2D eigenvalue weighted by Crippen LogP contribution is -2.02. The van der Waals surface area contributed by atoms with Crippen LogP contribution < -0.4 is 15.8 Å². The van der Waals surface area contributed by atoms with Crippen LogP contribution in [0.25, 0.3) is 0 Å². The van der Waals surface area contributed by atoms with E-state index < -0.39 is 5.82 Å². The maximum Gasteiger partial charge on any atom is 0.167 e. The molecule has 2 aromatic carbocycles. The third kappa shape index (κ3) is 3.33. The van der Waals surface area contributed by atoms with Gasteiger partial charge in [0.1, 0.15) is 0 Å². The number of nitrogen functional groups attached to an aromatic ring is 1. The summed E-state index contributed by atoms with van der Waals surface area (Å²) in [6, 6.07) is 10.0. The first-order chi connectivity index (χ1) is 9.61. The maximum absolute atomic E-state index is 13.7. The normalized spacial score (nSPS) is 10.3. The molecular formula is C15H16ClFN2O. The second kappa shape index (κ2) is 6.48. The quantitative estimate of drug-likeness (QED) is 0.793. The average molecular weight is 295 g/mol. The van der Waals surface area contributed by atoms with Crippen LogP contribution in [0, 0.1) is 5.82 Å². The second-order valence-corrected chi connectivity index (χ2v) is 4.73. The van der Waals surface area contributed by atoms with Crippen molar-refractivity contribution < 1.29 is 9.13 Å². The molecular weight excluding hydrogens is 279 g/mol. The fourth-order valence-corrected chi connectivity index (χ4v) is 1.89. The molecule has 0 heterocycles. The van der Waals surface area contributed by atoms with Crippen LogP contribution in [0.5, 0.6) is 5.75 Å². The number of hydrogen-bond donors (Lipinski definition) is 2. The summed E-state index contributed by atoms with van der Waals surface area (Å²) in [5.74, 6) is -0.295. The Bertz CT molecular complexity index is 604. The predicted octanol–water partition coefficient (Wildman–Crippen LogP) is 4.59. The third-order valence-electron chi connectivity index (χ3n) is 2.71. The van der Waals surface area contributed by atoms with Crippen molar-refractivity contribution in [2.75, 3.05) is 17.7 Å². The van der Waals surface area contributed by atoms with Crippen molar-refractivity contribution in [3.05, 3.63) is 47.2 Å². The number of hydrogen-bond acceptors (Lipinski definition) is 3. The highest BCUT2D eigenvalue weighted by molar-refractivity contribution is 6.33. The topological polar surface area (TPSA) is 47.3 Å². The van der Waals surface area contributed by atoms with Crippen LogP contribution in [0.4, 0.5) is 21.5 Å². The van der Waals surface area contributed by atoms with Crippen LogP contribution in [0.15, 0.2) is 36.4 Å². The van der Waals surface area contributed by atoms with Crippen LogP contribution >= 0.6 is 11.6 Å². The van der Waals surface area contributed by atoms with Gasteiger partial charge in [0.05, 0.1) is 28.7 Å². The van der Waals surface area contributed by atoms with Crippen molar-refractivity contribution >= 4 is 28.7 Å². The van der Waals surface area contributed by atoms with E-state index in [1.165, 1.54) is 6.07 Å². The van der Waals surface area contributed by atoms with Crippen molar-refractivity contribution in [2.24, 2.45) is 0 Å². The molecule has 0 amide bonds. The largest absolute Gasteiger partial charge is 0.490 e. The van der Waals surface area contributed by atoms with Crippen LogP contribution in [0.1, 0.15) is 13.3 Å². The van der Waals surface area contributed by atoms with Gasteiger partial charge in [0.2, 0.25) is 0 Å². The van der Waals surface area contributed by atoms with Crippen LogP contribution in [-0.2, 0) is 0 Å². The summed E-state index contributed by atoms with van der Waals surface area (Å²) in [6.07, 6.45) is 0.803. The summed E-state index contributed by atoms with van der Waals surface area (Å²) in [4.78, 5) is 0. The number of halogens is 2. The highest BCUT2D eigenvalue weighted by Crippen LogP contribution is 2.32. The smallest absolute Gasteiger partial charge is 0.167 e. The van der Waals surface area contributed by atoms with Crippen molar-refractivity contribution in [3.63, 3.8) is 0 Å². The summed E-state index contributed by atoms with van der Waals surface area (Å²) in [7, 11) is 0. The number of anilines is 3. The number of benzene rings is 2. The Morgan fingerprint density at radius 1 is 1.25 bits per heavy atom. The third-order valence-corrected chi connectivity index (χ3v) is 3.04. The van der Waals surface area contributed by atoms with Crippen LogP contribution in [0.3, 0.4) is 0 Å². The molecule has 3 nitrogen and oxygen atoms in total. The Morgan fingerprint density at radius 3 is 2.70 bits per heavy atom. The van der Waals surface area contributed by atoms with Gasteiger partial charge in [-0.25, -0.2) is 4.39 Å². The van der Waals surface area contributed by atoms with Gasteiger partial charge in [0, 0.05) is 12.1 Å². The van der Waals surface area contributed by atoms with Crippen molar-refractivity contribution in [1.82, 2.24) is 0 Å². The Labute approximate surface area is 122 Å². The molecule has 0 aliphatic heterocycles. The van der Waals surface area contributed by atoms with E-state index in [-0.39, 0.29) is 5.75 Å². The van der Waals surface area contributed by atoms with Gasteiger partial charge in [0.25, 0.3) is 0 Å². The minimum absolute atomic E-state index is 0.176. The molecule has 0 aliphatic carbocycles. The lowest BCUT2D eigenvalue weighted by Gasteiger charge is -2.13. The molecule has 0 fully saturated rings. The second-order valence-electron chi connectivity index (χ2n) is 4.32. The van der Waals surface area contributed by atoms with Gasteiger partial charge in [-0.15, -0.1) is 0 Å². The molecule has 0 aromatic heterocycles. The SMILES string of the molecule is CCCOc1cc(Nc2ccccc2Cl)c(N)cc1F. The predicted molar refractivity (Wildman–Crippen MR) is 81.3 cm³/mol. The van der Waals surface area contributed by atoms with Gasteiger partial charge in [-0.2, -0.15) is 0 Å². The van der Waals surface area contributed by atoms with E-state index >= 15 is 0 Å². The molecule has 0 bridgehead atoms. The van der Waals surface area contributed by atoms with Crippen molar-refractivity contribution in [3.8, 4) is 5.75 Å². The van der Waals surface area contributed by atoms with Gasteiger partial charge in [-0.1, -0.05) is 30.7 Å². The zero-order valence-corrected chi connectivity index (χ0v) is 11.9. The first-order valence-electron chi connectivity index (χ1n) is 6.35. The number of ether oxygens (including phenoxy) is 1. The first kappa shape index (κ1) is 14.5. The Hall–Kier alpha value is -1.94. The minimum atomic E-state index is -0.472. The van der Waals surface area contributed by atoms with Crippen LogP contribution in [-0.4, -0.2) is 6.61 Å². The zero-order valence-electron chi connectivity index (χ0n) is 11.1. The molecule has 20 heavy (non-hydrogen) atoms. The van der Waals surface area contributed by atoms with E-state index in [4.69, 9.17) is 22.1 Å². The Morgan fingerprint density at radius 2 is 2.00 bits per heavy atom. The molecule has 0 saturated heterocycles. The zero-order chi connectivity index (χ0) is 14.5. The first-order valence-corrected chi connectivity index (χ1v) is 6.73. The van der Waals surface area contributed by atoms with Gasteiger partial charge >= 0.3 is 0 Å². The molecule has 0 atom stereocenters. The van der Waals surface area contributed by atoms with E-state index in [2.05, 4.69) is 5.32 Å².